The van der Waals surface area contributed by atoms with Gasteiger partial charge in [0.15, 0.2) is 0 Å². The van der Waals surface area contributed by atoms with Gasteiger partial charge in [-0.25, -0.2) is 4.98 Å². The van der Waals surface area contributed by atoms with Crippen molar-refractivity contribution in [1.29, 1.82) is 0 Å². The number of nitrogens with zero attached hydrogens (tertiary/aromatic N) is 1. The van der Waals surface area contributed by atoms with Crippen LogP contribution in [0.2, 0.25) is 5.02 Å². The summed E-state index contributed by atoms with van der Waals surface area (Å²) in [6, 6.07) is 14.0. The molecule has 0 radical (unpaired) electrons. The number of hydrogen-bond acceptors (Lipinski definition) is 3. The topological polar surface area (TPSA) is 34.1 Å². The zero-order valence-corrected chi connectivity index (χ0v) is 13.2. The predicted octanol–water partition coefficient (Wildman–Crippen LogP) is 5.76. The summed E-state index contributed by atoms with van der Waals surface area (Å²) in [5, 5.41) is 4.54. The van der Waals surface area contributed by atoms with Gasteiger partial charge in [-0.15, -0.1) is 0 Å². The largest absolute Gasteiger partial charge is 0.430 e. The Balaban J connectivity index is 1.88. The maximum Gasteiger partial charge on any atom is 0.270 e. The Morgan fingerprint density at radius 1 is 1.22 bits per heavy atom. The van der Waals surface area contributed by atoms with Gasteiger partial charge >= 0.3 is 0 Å². The first-order valence-electron chi connectivity index (χ1n) is 6.98. The van der Waals surface area contributed by atoms with E-state index < -0.39 is 6.01 Å². The van der Waals surface area contributed by atoms with Gasteiger partial charge in [0.25, 0.3) is 6.01 Å². The summed E-state index contributed by atoms with van der Waals surface area (Å²) in [6.07, 6.45) is 0. The lowest BCUT2D eigenvalue weighted by Gasteiger charge is -2.10. The Morgan fingerprint density at radius 3 is 2.78 bits per heavy atom. The molecule has 23 heavy (non-hydrogen) atoms. The maximum absolute atomic E-state index is 12.7. The van der Waals surface area contributed by atoms with E-state index >= 15 is 0 Å². The number of pyridine rings is 1. The van der Waals surface area contributed by atoms with Crippen LogP contribution in [0.3, 0.4) is 0 Å². The highest BCUT2D eigenvalue weighted by atomic mass is 35.5. The maximum atomic E-state index is 12.7. The molecule has 0 spiro atoms. The molecule has 2 aromatic carbocycles. The summed E-state index contributed by atoms with van der Waals surface area (Å²) in [5.74, 6) is 0.915. The third-order valence-corrected chi connectivity index (χ3v) is 3.64. The quantitative estimate of drug-likeness (QED) is 0.618. The van der Waals surface area contributed by atoms with Crippen molar-refractivity contribution in [2.75, 3.05) is 5.32 Å². The van der Waals surface area contributed by atoms with Crippen molar-refractivity contribution >= 4 is 34.0 Å². The molecule has 0 amide bonds. The predicted molar refractivity (Wildman–Crippen MR) is 92.1 cm³/mol. The number of anilines is 2. The molecule has 0 aliphatic rings. The van der Waals surface area contributed by atoms with E-state index in [4.69, 9.17) is 16.3 Å². The molecule has 116 valence electrons. The second kappa shape index (κ2) is 6.26. The minimum Gasteiger partial charge on any atom is -0.430 e. The SMILES string of the molecule is C=C(F)Oc1ccc(Nc2ccc3cccc(C)c3n2)cc1Cl. The van der Waals surface area contributed by atoms with Gasteiger partial charge in [0, 0.05) is 11.1 Å². The molecule has 3 nitrogen and oxygen atoms in total. The first-order valence-corrected chi connectivity index (χ1v) is 7.36. The first-order chi connectivity index (χ1) is 11.0. The summed E-state index contributed by atoms with van der Waals surface area (Å²) < 4.78 is 17.5. The molecule has 0 aliphatic heterocycles. The average molecular weight is 329 g/mol. The highest BCUT2D eigenvalue weighted by molar-refractivity contribution is 6.32. The number of aromatic nitrogens is 1. The first kappa shape index (κ1) is 15.3. The van der Waals surface area contributed by atoms with Crippen LogP contribution in [0, 0.1) is 6.92 Å². The molecule has 5 heteroatoms. The van der Waals surface area contributed by atoms with Gasteiger partial charge in [0.05, 0.1) is 10.5 Å². The van der Waals surface area contributed by atoms with E-state index in [-0.39, 0.29) is 10.8 Å². The van der Waals surface area contributed by atoms with E-state index in [0.717, 1.165) is 22.2 Å². The van der Waals surface area contributed by atoms with E-state index in [1.807, 2.05) is 37.3 Å². The number of aryl methyl sites for hydroxylation is 1. The Kier molecular flexibility index (Phi) is 4.17. The highest BCUT2D eigenvalue weighted by Crippen LogP contribution is 2.30. The van der Waals surface area contributed by atoms with Crippen LogP contribution in [0.25, 0.3) is 10.9 Å². The van der Waals surface area contributed by atoms with Crippen molar-refractivity contribution in [2.24, 2.45) is 0 Å². The Bertz CT molecular complexity index is 895. The molecule has 0 aliphatic carbocycles. The smallest absolute Gasteiger partial charge is 0.270 e. The number of ether oxygens (including phenoxy) is 1. The Morgan fingerprint density at radius 2 is 2.04 bits per heavy atom. The minimum absolute atomic E-state index is 0.215. The highest BCUT2D eigenvalue weighted by Gasteiger charge is 2.06. The van der Waals surface area contributed by atoms with E-state index in [1.54, 1.807) is 18.2 Å². The summed E-state index contributed by atoms with van der Waals surface area (Å²) in [7, 11) is 0. The molecule has 0 unspecified atom stereocenters. The molecule has 0 saturated heterocycles. The van der Waals surface area contributed by atoms with E-state index in [2.05, 4.69) is 16.9 Å². The molecule has 1 heterocycles. The van der Waals surface area contributed by atoms with Crippen LogP contribution in [0.1, 0.15) is 5.56 Å². The van der Waals surface area contributed by atoms with Crippen LogP contribution in [-0.4, -0.2) is 4.98 Å². The van der Waals surface area contributed by atoms with Crippen LogP contribution in [0.15, 0.2) is 61.1 Å². The molecule has 0 fully saturated rings. The van der Waals surface area contributed by atoms with Gasteiger partial charge in [-0.1, -0.05) is 29.8 Å². The third-order valence-electron chi connectivity index (χ3n) is 3.35. The molecule has 1 aromatic heterocycles. The number of fused-ring (bicyclic) bond motifs is 1. The number of halogens is 2. The van der Waals surface area contributed by atoms with E-state index in [1.165, 1.54) is 0 Å². The van der Waals surface area contributed by atoms with Crippen LogP contribution in [-0.2, 0) is 0 Å². The lowest BCUT2D eigenvalue weighted by Crippen LogP contribution is -1.95. The van der Waals surface area contributed by atoms with Crippen molar-refractivity contribution in [3.63, 3.8) is 0 Å². The van der Waals surface area contributed by atoms with Crippen LogP contribution < -0.4 is 10.1 Å². The summed E-state index contributed by atoms with van der Waals surface area (Å²) in [6.45, 7) is 5.07. The van der Waals surface area contributed by atoms with Crippen molar-refractivity contribution in [3.8, 4) is 5.75 Å². The van der Waals surface area contributed by atoms with Gasteiger partial charge < -0.3 is 10.1 Å². The summed E-state index contributed by atoms with van der Waals surface area (Å²) in [4.78, 5) is 4.61. The van der Waals surface area contributed by atoms with Crippen molar-refractivity contribution in [3.05, 3.63) is 71.7 Å². The van der Waals surface area contributed by atoms with Gasteiger partial charge in [-0.2, -0.15) is 4.39 Å². The molecular weight excluding hydrogens is 315 g/mol. The van der Waals surface area contributed by atoms with Gasteiger partial charge in [-0.3, -0.25) is 0 Å². The summed E-state index contributed by atoms with van der Waals surface area (Å²) in [5.41, 5.74) is 2.78. The van der Waals surface area contributed by atoms with Crippen molar-refractivity contribution in [2.45, 2.75) is 6.92 Å². The molecule has 1 N–H and O–H groups in total. The molecule has 3 rings (SSSR count). The molecule has 0 bridgehead atoms. The summed E-state index contributed by atoms with van der Waals surface area (Å²) >= 11 is 6.07. The van der Waals surface area contributed by atoms with E-state index in [9.17, 15) is 4.39 Å². The fourth-order valence-electron chi connectivity index (χ4n) is 2.29. The minimum atomic E-state index is -0.903. The number of rotatable bonds is 4. The number of nitrogens with one attached hydrogen (secondary N) is 1. The standard InChI is InChI=1S/C18H14ClFN2O/c1-11-4-3-5-13-6-9-17(22-18(11)13)21-14-7-8-16(15(19)10-14)23-12(2)20/h3-10H,2H2,1H3,(H,21,22). The van der Waals surface area contributed by atoms with E-state index in [0.29, 0.717) is 5.82 Å². The molecule has 0 saturated carbocycles. The Labute approximate surface area is 138 Å². The second-order valence-electron chi connectivity index (χ2n) is 5.07. The second-order valence-corrected chi connectivity index (χ2v) is 5.48. The third kappa shape index (κ3) is 3.43. The monoisotopic (exact) mass is 328 g/mol. The van der Waals surface area contributed by atoms with Crippen LogP contribution in [0.4, 0.5) is 15.9 Å². The number of hydrogen-bond donors (Lipinski definition) is 1. The fourth-order valence-corrected chi connectivity index (χ4v) is 2.51. The number of benzene rings is 2. The molecule has 3 aromatic rings. The van der Waals surface area contributed by atoms with Crippen LogP contribution >= 0.6 is 11.6 Å². The fraction of sp³-hybridized carbons (Fsp3) is 0.0556. The van der Waals surface area contributed by atoms with Crippen molar-refractivity contribution < 1.29 is 9.13 Å². The number of para-hydroxylation sites is 1. The lowest BCUT2D eigenvalue weighted by molar-refractivity contribution is 0.305. The molecule has 0 atom stereocenters. The Hall–Kier alpha value is -2.59. The normalized spacial score (nSPS) is 10.6. The van der Waals surface area contributed by atoms with Gasteiger partial charge in [0.1, 0.15) is 11.6 Å². The lowest BCUT2D eigenvalue weighted by atomic mass is 10.1. The van der Waals surface area contributed by atoms with Gasteiger partial charge in [-0.05, 0) is 49.4 Å². The van der Waals surface area contributed by atoms with Crippen molar-refractivity contribution in [1.82, 2.24) is 4.98 Å². The zero-order valence-electron chi connectivity index (χ0n) is 12.4. The average Bonchev–Trinajstić information content (AvgIpc) is 2.50. The molecular formula is C18H14ClFN2O. The zero-order chi connectivity index (χ0) is 16.4. The van der Waals surface area contributed by atoms with Gasteiger partial charge in [0.2, 0.25) is 0 Å². The van der Waals surface area contributed by atoms with Crippen LogP contribution in [0.5, 0.6) is 5.75 Å².